The molecule has 1 aliphatic carbocycles. The molecule has 3 nitrogen and oxygen atoms in total. The zero-order valence-electron chi connectivity index (χ0n) is 9.83. The van der Waals surface area contributed by atoms with E-state index in [9.17, 15) is 5.11 Å². The fraction of sp³-hybridized carbons (Fsp3) is 1.00. The maximum atomic E-state index is 10.4. The number of hydrogen-bond acceptors (Lipinski definition) is 3. The number of piperidine rings is 1. The first-order valence-corrected chi connectivity index (χ1v) is 6.16. The van der Waals surface area contributed by atoms with Crippen molar-refractivity contribution in [3.8, 4) is 0 Å². The molecule has 0 radical (unpaired) electrons. The van der Waals surface area contributed by atoms with Crippen molar-refractivity contribution in [1.29, 1.82) is 0 Å². The molecule has 1 heterocycles. The van der Waals surface area contributed by atoms with Gasteiger partial charge in [0, 0.05) is 26.0 Å². The molecule has 1 aliphatic heterocycles. The van der Waals surface area contributed by atoms with Gasteiger partial charge in [-0.25, -0.2) is 0 Å². The molecule has 0 aromatic rings. The third kappa shape index (κ3) is 2.19. The zero-order valence-corrected chi connectivity index (χ0v) is 9.83. The second-order valence-corrected chi connectivity index (χ2v) is 5.17. The molecule has 1 saturated heterocycles. The van der Waals surface area contributed by atoms with Crippen LogP contribution >= 0.6 is 0 Å². The van der Waals surface area contributed by atoms with Crippen LogP contribution in [0.5, 0.6) is 0 Å². The van der Waals surface area contributed by atoms with Gasteiger partial charge in [0.2, 0.25) is 0 Å². The monoisotopic (exact) mass is 213 g/mol. The fourth-order valence-electron chi connectivity index (χ4n) is 2.96. The topological polar surface area (TPSA) is 41.5 Å². The number of aliphatic hydroxyl groups is 1. The molecule has 2 aliphatic rings. The van der Waals surface area contributed by atoms with Crippen molar-refractivity contribution in [3.63, 3.8) is 0 Å². The lowest BCUT2D eigenvalue weighted by atomic mass is 9.68. The van der Waals surface area contributed by atoms with E-state index in [0.717, 1.165) is 31.7 Å². The summed E-state index contributed by atoms with van der Waals surface area (Å²) in [5.41, 5.74) is -0.492. The Morgan fingerprint density at radius 3 is 2.80 bits per heavy atom. The van der Waals surface area contributed by atoms with Gasteiger partial charge in [0.1, 0.15) is 0 Å². The fourth-order valence-corrected chi connectivity index (χ4v) is 2.96. The van der Waals surface area contributed by atoms with Crippen LogP contribution in [0.25, 0.3) is 0 Å². The predicted molar refractivity (Wildman–Crippen MR) is 59.8 cm³/mol. The van der Waals surface area contributed by atoms with Gasteiger partial charge in [-0.15, -0.1) is 0 Å². The Bertz CT molecular complexity index is 214. The van der Waals surface area contributed by atoms with Crippen LogP contribution in [0.15, 0.2) is 0 Å². The average Bonchev–Trinajstić information content (AvgIpc) is 2.24. The first kappa shape index (κ1) is 11.4. The van der Waals surface area contributed by atoms with E-state index in [4.69, 9.17) is 4.74 Å². The number of nitrogens with one attached hydrogen (secondary N) is 1. The Balaban J connectivity index is 1.88. The van der Waals surface area contributed by atoms with Crippen LogP contribution in [0.4, 0.5) is 0 Å². The van der Waals surface area contributed by atoms with Crippen molar-refractivity contribution in [1.82, 2.24) is 5.32 Å². The molecule has 2 N–H and O–H groups in total. The van der Waals surface area contributed by atoms with E-state index in [1.807, 2.05) is 0 Å². The van der Waals surface area contributed by atoms with Crippen LogP contribution in [0.3, 0.4) is 0 Å². The zero-order chi connectivity index (χ0) is 10.9. The first-order valence-electron chi connectivity index (χ1n) is 6.16. The highest BCUT2D eigenvalue weighted by atomic mass is 16.5. The highest BCUT2D eigenvalue weighted by Crippen LogP contribution is 2.40. The van der Waals surface area contributed by atoms with E-state index in [1.54, 1.807) is 7.11 Å². The molecule has 2 fully saturated rings. The summed E-state index contributed by atoms with van der Waals surface area (Å²) in [6.45, 7) is 3.30. The van der Waals surface area contributed by atoms with E-state index in [2.05, 4.69) is 12.2 Å². The van der Waals surface area contributed by atoms with E-state index in [0.29, 0.717) is 6.04 Å². The van der Waals surface area contributed by atoms with E-state index < -0.39 is 5.60 Å². The minimum Gasteiger partial charge on any atom is -0.388 e. The molecular weight excluding hydrogens is 190 g/mol. The highest BCUT2D eigenvalue weighted by molar-refractivity contribution is 5.04. The average molecular weight is 213 g/mol. The summed E-state index contributed by atoms with van der Waals surface area (Å²) in [4.78, 5) is 0. The van der Waals surface area contributed by atoms with Gasteiger partial charge < -0.3 is 15.2 Å². The van der Waals surface area contributed by atoms with Crippen molar-refractivity contribution in [2.45, 2.75) is 56.8 Å². The van der Waals surface area contributed by atoms with Crippen molar-refractivity contribution < 1.29 is 9.84 Å². The summed E-state index contributed by atoms with van der Waals surface area (Å²) in [7, 11) is 1.73. The van der Waals surface area contributed by atoms with Crippen molar-refractivity contribution in [2.75, 3.05) is 13.7 Å². The van der Waals surface area contributed by atoms with Gasteiger partial charge in [0.05, 0.1) is 11.7 Å². The lowest BCUT2D eigenvalue weighted by Gasteiger charge is -2.50. The molecule has 0 aromatic carbocycles. The van der Waals surface area contributed by atoms with Gasteiger partial charge in [-0.05, 0) is 25.3 Å². The molecule has 0 bridgehead atoms. The summed E-state index contributed by atoms with van der Waals surface area (Å²) < 4.78 is 5.24. The summed E-state index contributed by atoms with van der Waals surface area (Å²) in [6, 6.07) is 0.294. The van der Waals surface area contributed by atoms with Crippen LogP contribution in [0.1, 0.15) is 39.0 Å². The molecule has 2 rings (SSSR count). The summed E-state index contributed by atoms with van der Waals surface area (Å²) in [5.74, 6) is 0.793. The SMILES string of the molecule is CCC1CCNC(C2(O)CC(OC)C2)C1. The molecule has 0 amide bonds. The number of rotatable bonds is 3. The summed E-state index contributed by atoms with van der Waals surface area (Å²) >= 11 is 0. The molecular formula is C12H23NO2. The van der Waals surface area contributed by atoms with E-state index >= 15 is 0 Å². The minimum atomic E-state index is -0.492. The third-order valence-electron chi connectivity index (χ3n) is 4.23. The van der Waals surface area contributed by atoms with Crippen molar-refractivity contribution >= 4 is 0 Å². The molecule has 0 aromatic heterocycles. The van der Waals surface area contributed by atoms with Gasteiger partial charge in [-0.3, -0.25) is 0 Å². The Hall–Kier alpha value is -0.120. The van der Waals surface area contributed by atoms with Gasteiger partial charge >= 0.3 is 0 Å². The normalized spacial score (nSPS) is 46.2. The number of hydrogen-bond donors (Lipinski definition) is 2. The quantitative estimate of drug-likeness (QED) is 0.742. The highest BCUT2D eigenvalue weighted by Gasteiger charge is 2.49. The molecule has 2 unspecified atom stereocenters. The largest absolute Gasteiger partial charge is 0.388 e. The second-order valence-electron chi connectivity index (χ2n) is 5.17. The van der Waals surface area contributed by atoms with E-state index in [-0.39, 0.29) is 6.10 Å². The predicted octanol–water partition coefficient (Wildman–Crippen LogP) is 1.30. The van der Waals surface area contributed by atoms with Gasteiger partial charge in [-0.2, -0.15) is 0 Å². The Labute approximate surface area is 92.2 Å². The molecule has 15 heavy (non-hydrogen) atoms. The van der Waals surface area contributed by atoms with Crippen LogP contribution in [0, 0.1) is 5.92 Å². The number of ether oxygens (including phenoxy) is 1. The lowest BCUT2D eigenvalue weighted by molar-refractivity contribution is -0.151. The molecule has 0 spiro atoms. The van der Waals surface area contributed by atoms with Crippen molar-refractivity contribution in [2.24, 2.45) is 5.92 Å². The number of methoxy groups -OCH3 is 1. The van der Waals surface area contributed by atoms with E-state index in [1.165, 1.54) is 12.8 Å². The van der Waals surface area contributed by atoms with Gasteiger partial charge in [0.15, 0.2) is 0 Å². The molecule has 2 atom stereocenters. The Morgan fingerprint density at radius 2 is 2.20 bits per heavy atom. The molecule has 88 valence electrons. The van der Waals surface area contributed by atoms with Crippen molar-refractivity contribution in [3.05, 3.63) is 0 Å². The Kier molecular flexibility index (Phi) is 3.33. The first-order chi connectivity index (χ1) is 7.18. The molecule has 1 saturated carbocycles. The minimum absolute atomic E-state index is 0.277. The standard InChI is InChI=1S/C12H23NO2/c1-3-9-4-5-13-11(6-9)12(14)7-10(8-12)15-2/h9-11,13-14H,3-8H2,1-2H3. The van der Waals surface area contributed by atoms with Crippen LogP contribution < -0.4 is 5.32 Å². The Morgan fingerprint density at radius 1 is 1.47 bits per heavy atom. The maximum Gasteiger partial charge on any atom is 0.0849 e. The lowest BCUT2D eigenvalue weighted by Crippen LogP contribution is -2.62. The van der Waals surface area contributed by atoms with Gasteiger partial charge in [0.25, 0.3) is 0 Å². The van der Waals surface area contributed by atoms with Crippen LogP contribution in [-0.2, 0) is 4.74 Å². The smallest absolute Gasteiger partial charge is 0.0849 e. The second kappa shape index (κ2) is 4.40. The summed E-state index contributed by atoms with van der Waals surface area (Å²) in [6.07, 6.45) is 5.51. The summed E-state index contributed by atoms with van der Waals surface area (Å²) in [5, 5.41) is 13.9. The maximum absolute atomic E-state index is 10.4. The molecule has 3 heteroatoms. The van der Waals surface area contributed by atoms with Gasteiger partial charge in [-0.1, -0.05) is 13.3 Å². The van der Waals surface area contributed by atoms with Crippen LogP contribution in [-0.4, -0.2) is 36.5 Å². The van der Waals surface area contributed by atoms with Crippen LogP contribution in [0.2, 0.25) is 0 Å². The third-order valence-corrected chi connectivity index (χ3v) is 4.23.